The smallest absolute Gasteiger partial charge is 0.260 e. The summed E-state index contributed by atoms with van der Waals surface area (Å²) in [7, 11) is 0. The van der Waals surface area contributed by atoms with Crippen molar-refractivity contribution in [3.8, 4) is 0 Å². The number of hydrogen-bond donors (Lipinski definition) is 1. The zero-order chi connectivity index (χ0) is 11.1. The summed E-state index contributed by atoms with van der Waals surface area (Å²) in [6.45, 7) is 1.81. The van der Waals surface area contributed by atoms with E-state index in [2.05, 4.69) is 10.3 Å². The Bertz CT molecular complexity index is 406. The van der Waals surface area contributed by atoms with Crippen molar-refractivity contribution in [1.82, 2.24) is 4.98 Å². The number of nitrogens with zero attached hydrogens (tertiary/aromatic N) is 1. The Labute approximate surface area is 85.5 Å². The van der Waals surface area contributed by atoms with Gasteiger partial charge in [-0.1, -0.05) is 0 Å². The molecule has 5 heteroatoms. The molecule has 0 radical (unpaired) electrons. The molecule has 0 bridgehead atoms. The average molecular weight is 212 g/mol. The molecular weight excluding hydrogens is 202 g/mol. The maximum Gasteiger partial charge on any atom is 0.260 e. The lowest BCUT2D eigenvalue weighted by molar-refractivity contribution is -0.119. The number of aromatic nitrogens is 1. The lowest BCUT2D eigenvalue weighted by atomic mass is 10.3. The predicted molar refractivity (Wildman–Crippen MR) is 50.7 cm³/mol. The number of halogens is 2. The molecule has 0 saturated heterocycles. The van der Waals surface area contributed by atoms with Crippen LogP contribution in [0.25, 0.3) is 0 Å². The fraction of sp³-hybridized carbons (Fsp3) is 0.400. The number of carbonyl (C=O) groups excluding carboxylic acids is 1. The molecule has 80 valence electrons. The van der Waals surface area contributed by atoms with E-state index in [4.69, 9.17) is 0 Å². The quantitative estimate of drug-likeness (QED) is 0.814. The molecule has 3 nitrogen and oxygen atoms in total. The molecule has 1 N–H and O–H groups in total. The predicted octanol–water partition coefficient (Wildman–Crippen LogP) is 1.98. The highest BCUT2D eigenvalue weighted by molar-refractivity contribution is 5.95. The van der Waals surface area contributed by atoms with Gasteiger partial charge in [-0.3, -0.25) is 9.78 Å². The monoisotopic (exact) mass is 212 g/mol. The first kappa shape index (κ1) is 10.0. The molecule has 1 heterocycles. The van der Waals surface area contributed by atoms with Crippen molar-refractivity contribution in [2.75, 3.05) is 5.32 Å². The third-order valence-electron chi connectivity index (χ3n) is 2.28. The van der Waals surface area contributed by atoms with Crippen LogP contribution in [0.3, 0.4) is 0 Å². The summed E-state index contributed by atoms with van der Waals surface area (Å²) in [5.74, 6) is -4.62. The number of nitrogens with one attached hydrogen (secondary N) is 1. The molecule has 2 rings (SSSR count). The fourth-order valence-electron chi connectivity index (χ4n) is 1.35. The molecular formula is C10H10F2N2O. The molecule has 1 aliphatic rings. The summed E-state index contributed by atoms with van der Waals surface area (Å²) in [6.07, 6.45) is 2.71. The van der Waals surface area contributed by atoms with Crippen LogP contribution in [0.5, 0.6) is 0 Å². The van der Waals surface area contributed by atoms with Gasteiger partial charge in [0.2, 0.25) is 5.91 Å². The number of rotatable bonds is 2. The molecule has 15 heavy (non-hydrogen) atoms. The molecule has 0 aromatic carbocycles. The van der Waals surface area contributed by atoms with Crippen LogP contribution in [0.15, 0.2) is 18.5 Å². The Balaban J connectivity index is 2.01. The van der Waals surface area contributed by atoms with Crippen molar-refractivity contribution >= 4 is 11.6 Å². The van der Waals surface area contributed by atoms with E-state index in [-0.39, 0.29) is 6.42 Å². The number of pyridine rings is 1. The van der Waals surface area contributed by atoms with Gasteiger partial charge in [-0.25, -0.2) is 8.78 Å². The van der Waals surface area contributed by atoms with Crippen LogP contribution >= 0.6 is 0 Å². The number of alkyl halides is 2. The van der Waals surface area contributed by atoms with Gasteiger partial charge >= 0.3 is 0 Å². The Hall–Kier alpha value is -1.52. The van der Waals surface area contributed by atoms with E-state index < -0.39 is 17.7 Å². The Morgan fingerprint density at radius 2 is 2.27 bits per heavy atom. The lowest BCUT2D eigenvalue weighted by Gasteiger charge is -2.04. The van der Waals surface area contributed by atoms with Gasteiger partial charge in [-0.2, -0.15) is 0 Å². The number of anilines is 1. The molecule has 1 fully saturated rings. The molecule has 1 aliphatic carbocycles. The Morgan fingerprint density at radius 1 is 1.60 bits per heavy atom. The maximum atomic E-state index is 12.6. The molecule has 1 aromatic rings. The van der Waals surface area contributed by atoms with Gasteiger partial charge in [0.1, 0.15) is 5.92 Å². The topological polar surface area (TPSA) is 42.0 Å². The molecule has 1 amide bonds. The zero-order valence-corrected chi connectivity index (χ0v) is 8.13. The average Bonchev–Trinajstić information content (AvgIpc) is 2.75. The molecule has 0 spiro atoms. The first-order valence-corrected chi connectivity index (χ1v) is 4.59. The first-order valence-electron chi connectivity index (χ1n) is 4.59. The van der Waals surface area contributed by atoms with Gasteiger partial charge in [-0.15, -0.1) is 0 Å². The van der Waals surface area contributed by atoms with Crippen molar-refractivity contribution < 1.29 is 13.6 Å². The standard InChI is InChI=1S/C10H10F2N2O/c1-6-2-7(5-13-4-6)14-9(15)8-3-10(8,11)12/h2,4-5,8H,3H2,1H3,(H,14,15). The van der Waals surface area contributed by atoms with Gasteiger partial charge in [0.15, 0.2) is 0 Å². The second kappa shape index (κ2) is 3.25. The minimum absolute atomic E-state index is 0.349. The van der Waals surface area contributed by atoms with E-state index in [0.29, 0.717) is 5.69 Å². The lowest BCUT2D eigenvalue weighted by Crippen LogP contribution is -2.17. The van der Waals surface area contributed by atoms with Crippen LogP contribution in [0.4, 0.5) is 14.5 Å². The first-order chi connectivity index (χ1) is 6.99. The van der Waals surface area contributed by atoms with Crippen LogP contribution in [0.2, 0.25) is 0 Å². The van der Waals surface area contributed by atoms with E-state index in [0.717, 1.165) is 5.56 Å². The number of amides is 1. The third kappa shape index (κ3) is 2.11. The number of hydrogen-bond acceptors (Lipinski definition) is 2. The molecule has 1 saturated carbocycles. The largest absolute Gasteiger partial charge is 0.324 e. The van der Waals surface area contributed by atoms with Crippen LogP contribution in [-0.4, -0.2) is 16.8 Å². The fourth-order valence-corrected chi connectivity index (χ4v) is 1.35. The Kier molecular flexibility index (Phi) is 2.17. The van der Waals surface area contributed by atoms with E-state index >= 15 is 0 Å². The van der Waals surface area contributed by atoms with E-state index in [9.17, 15) is 13.6 Å². The van der Waals surface area contributed by atoms with Crippen LogP contribution in [0, 0.1) is 12.8 Å². The summed E-state index contributed by atoms with van der Waals surface area (Å²) < 4.78 is 25.1. The summed E-state index contributed by atoms with van der Waals surface area (Å²) in [4.78, 5) is 15.1. The minimum Gasteiger partial charge on any atom is -0.324 e. The van der Waals surface area contributed by atoms with E-state index in [1.165, 1.54) is 6.20 Å². The van der Waals surface area contributed by atoms with Crippen molar-refractivity contribution in [2.45, 2.75) is 19.3 Å². The van der Waals surface area contributed by atoms with E-state index in [1.54, 1.807) is 12.3 Å². The highest BCUT2D eigenvalue weighted by atomic mass is 19.3. The van der Waals surface area contributed by atoms with Crippen molar-refractivity contribution in [2.24, 2.45) is 5.92 Å². The van der Waals surface area contributed by atoms with Gasteiger partial charge in [0.05, 0.1) is 11.9 Å². The highest BCUT2D eigenvalue weighted by Gasteiger charge is 2.61. The molecule has 1 aromatic heterocycles. The van der Waals surface area contributed by atoms with Gasteiger partial charge in [0.25, 0.3) is 5.92 Å². The molecule has 1 atom stereocenters. The third-order valence-corrected chi connectivity index (χ3v) is 2.28. The van der Waals surface area contributed by atoms with Crippen LogP contribution in [0.1, 0.15) is 12.0 Å². The SMILES string of the molecule is Cc1cncc(NC(=O)C2CC2(F)F)c1. The van der Waals surface area contributed by atoms with Gasteiger partial charge in [0, 0.05) is 12.6 Å². The molecule has 0 aliphatic heterocycles. The van der Waals surface area contributed by atoms with Crippen molar-refractivity contribution in [3.63, 3.8) is 0 Å². The van der Waals surface area contributed by atoms with Gasteiger partial charge < -0.3 is 5.32 Å². The van der Waals surface area contributed by atoms with Gasteiger partial charge in [-0.05, 0) is 18.6 Å². The van der Waals surface area contributed by atoms with Crippen molar-refractivity contribution in [3.05, 3.63) is 24.0 Å². The summed E-state index contributed by atoms with van der Waals surface area (Å²) in [5, 5.41) is 2.42. The number of aryl methyl sites for hydroxylation is 1. The highest BCUT2D eigenvalue weighted by Crippen LogP contribution is 2.48. The minimum atomic E-state index is -2.82. The summed E-state index contributed by atoms with van der Waals surface area (Å²) >= 11 is 0. The second-order valence-electron chi connectivity index (χ2n) is 3.76. The van der Waals surface area contributed by atoms with Crippen molar-refractivity contribution in [1.29, 1.82) is 0 Å². The van der Waals surface area contributed by atoms with E-state index in [1.807, 2.05) is 6.92 Å². The molecule has 1 unspecified atom stereocenters. The zero-order valence-electron chi connectivity index (χ0n) is 8.13. The number of carbonyl (C=O) groups is 1. The second-order valence-corrected chi connectivity index (χ2v) is 3.76. The van der Waals surface area contributed by atoms with Crippen LogP contribution < -0.4 is 5.32 Å². The normalized spacial score (nSPS) is 22.2. The maximum absolute atomic E-state index is 12.6. The summed E-state index contributed by atoms with van der Waals surface area (Å²) in [6, 6.07) is 1.69. The van der Waals surface area contributed by atoms with Crippen LogP contribution in [-0.2, 0) is 4.79 Å². The Morgan fingerprint density at radius 3 is 2.80 bits per heavy atom. The summed E-state index contributed by atoms with van der Waals surface area (Å²) in [5.41, 5.74) is 1.33.